The lowest BCUT2D eigenvalue weighted by atomic mass is 10.1. The molecule has 0 bridgehead atoms. The first-order valence-corrected chi connectivity index (χ1v) is 7.24. The molecule has 0 saturated heterocycles. The molecule has 2 aromatic rings. The molecular formula is C15H13BrN2O4. The number of phenolic OH excluding ortho intramolecular Hbond substituents is 2. The van der Waals surface area contributed by atoms with E-state index in [4.69, 9.17) is 0 Å². The van der Waals surface area contributed by atoms with Gasteiger partial charge in [-0.15, -0.1) is 0 Å². The number of nitro groups is 1. The van der Waals surface area contributed by atoms with Crippen molar-refractivity contribution in [1.29, 1.82) is 0 Å². The number of hydrogen-bond acceptors (Lipinski definition) is 5. The van der Waals surface area contributed by atoms with Crippen molar-refractivity contribution in [2.24, 2.45) is 4.99 Å². The summed E-state index contributed by atoms with van der Waals surface area (Å²) >= 11 is 3.06. The van der Waals surface area contributed by atoms with Crippen molar-refractivity contribution in [3.8, 4) is 11.5 Å². The van der Waals surface area contributed by atoms with Gasteiger partial charge >= 0.3 is 0 Å². The SMILES string of the molecule is CCc1ccc(O)c(N=Cc2cc([N+](=O)[O-])cc(Br)c2O)c1. The van der Waals surface area contributed by atoms with Crippen LogP contribution in [0.4, 0.5) is 11.4 Å². The van der Waals surface area contributed by atoms with Crippen LogP contribution in [0, 0.1) is 10.1 Å². The number of aromatic hydroxyl groups is 2. The second-order valence-corrected chi connectivity index (χ2v) is 5.41. The topological polar surface area (TPSA) is 96.0 Å². The van der Waals surface area contributed by atoms with Crippen molar-refractivity contribution < 1.29 is 15.1 Å². The molecule has 0 atom stereocenters. The number of nitro benzene ring substituents is 1. The van der Waals surface area contributed by atoms with Crippen LogP contribution < -0.4 is 0 Å². The number of aryl methyl sites for hydroxylation is 1. The molecule has 0 radical (unpaired) electrons. The van der Waals surface area contributed by atoms with Gasteiger partial charge in [0.25, 0.3) is 5.69 Å². The minimum atomic E-state index is -0.559. The van der Waals surface area contributed by atoms with Crippen LogP contribution in [0.1, 0.15) is 18.1 Å². The van der Waals surface area contributed by atoms with E-state index in [1.54, 1.807) is 12.1 Å². The molecule has 0 aromatic heterocycles. The van der Waals surface area contributed by atoms with E-state index in [-0.39, 0.29) is 27.2 Å². The third-order valence-corrected chi connectivity index (χ3v) is 3.68. The van der Waals surface area contributed by atoms with Crippen molar-refractivity contribution in [2.75, 3.05) is 0 Å². The Bertz CT molecular complexity index is 759. The molecule has 114 valence electrons. The van der Waals surface area contributed by atoms with Gasteiger partial charge in [-0.1, -0.05) is 13.0 Å². The molecule has 0 heterocycles. The van der Waals surface area contributed by atoms with E-state index in [1.165, 1.54) is 24.4 Å². The second kappa shape index (κ2) is 6.57. The summed E-state index contributed by atoms with van der Waals surface area (Å²) in [6.45, 7) is 1.98. The molecule has 0 unspecified atom stereocenters. The number of aliphatic imine (C=N–C) groups is 1. The first-order valence-electron chi connectivity index (χ1n) is 6.45. The number of halogens is 1. The van der Waals surface area contributed by atoms with Gasteiger partial charge in [-0.3, -0.25) is 15.1 Å². The Balaban J connectivity index is 2.44. The lowest BCUT2D eigenvalue weighted by Gasteiger charge is -2.04. The summed E-state index contributed by atoms with van der Waals surface area (Å²) < 4.78 is 0.203. The van der Waals surface area contributed by atoms with E-state index in [9.17, 15) is 20.3 Å². The van der Waals surface area contributed by atoms with Gasteiger partial charge in [-0.05, 0) is 40.0 Å². The van der Waals surface area contributed by atoms with E-state index in [1.807, 2.05) is 6.92 Å². The molecule has 0 saturated carbocycles. The highest BCUT2D eigenvalue weighted by molar-refractivity contribution is 9.10. The summed E-state index contributed by atoms with van der Waals surface area (Å²) in [4.78, 5) is 14.4. The first kappa shape index (κ1) is 16.0. The van der Waals surface area contributed by atoms with Crippen molar-refractivity contribution in [3.05, 3.63) is 56.0 Å². The van der Waals surface area contributed by atoms with Crippen molar-refractivity contribution in [3.63, 3.8) is 0 Å². The molecule has 6 nitrogen and oxygen atoms in total. The van der Waals surface area contributed by atoms with Gasteiger partial charge in [0.15, 0.2) is 0 Å². The third-order valence-electron chi connectivity index (χ3n) is 3.08. The minimum Gasteiger partial charge on any atom is -0.506 e. The Hall–Kier alpha value is -2.41. The highest BCUT2D eigenvalue weighted by Gasteiger charge is 2.13. The van der Waals surface area contributed by atoms with E-state index in [0.29, 0.717) is 5.69 Å². The maximum atomic E-state index is 10.8. The van der Waals surface area contributed by atoms with Crippen LogP contribution in [-0.2, 0) is 6.42 Å². The molecule has 7 heteroatoms. The summed E-state index contributed by atoms with van der Waals surface area (Å²) in [6, 6.07) is 7.46. The molecule has 0 aliphatic heterocycles. The highest BCUT2D eigenvalue weighted by Crippen LogP contribution is 2.33. The zero-order valence-corrected chi connectivity index (χ0v) is 13.2. The molecule has 0 fully saturated rings. The van der Waals surface area contributed by atoms with Gasteiger partial charge in [-0.2, -0.15) is 0 Å². The Kier molecular flexibility index (Phi) is 4.77. The number of non-ortho nitro benzene ring substituents is 1. The fourth-order valence-electron chi connectivity index (χ4n) is 1.84. The molecule has 0 spiro atoms. The second-order valence-electron chi connectivity index (χ2n) is 4.56. The third kappa shape index (κ3) is 3.43. The summed E-state index contributed by atoms with van der Waals surface area (Å²) in [7, 11) is 0. The standard InChI is InChI=1S/C15H13BrN2O4/c1-2-9-3-4-14(19)13(5-9)17-8-10-6-11(18(21)22)7-12(16)15(10)20/h3-8,19-20H,2H2,1H3. The molecular weight excluding hydrogens is 352 g/mol. The molecule has 0 aliphatic carbocycles. The number of rotatable bonds is 4. The van der Waals surface area contributed by atoms with Gasteiger partial charge in [0, 0.05) is 23.9 Å². The average molecular weight is 365 g/mol. The number of phenols is 2. The quantitative estimate of drug-likeness (QED) is 0.485. The maximum absolute atomic E-state index is 10.8. The van der Waals surface area contributed by atoms with Gasteiger partial charge in [0.2, 0.25) is 0 Å². The van der Waals surface area contributed by atoms with Gasteiger partial charge in [-0.25, -0.2) is 0 Å². The van der Waals surface area contributed by atoms with E-state index in [0.717, 1.165) is 12.0 Å². The van der Waals surface area contributed by atoms with Crippen molar-refractivity contribution >= 4 is 33.5 Å². The Morgan fingerprint density at radius 2 is 2.05 bits per heavy atom. The molecule has 0 aliphatic rings. The monoisotopic (exact) mass is 364 g/mol. The van der Waals surface area contributed by atoms with Crippen LogP contribution in [-0.4, -0.2) is 21.4 Å². The van der Waals surface area contributed by atoms with E-state index < -0.39 is 4.92 Å². The van der Waals surface area contributed by atoms with Crippen LogP contribution in [0.3, 0.4) is 0 Å². The van der Waals surface area contributed by atoms with Crippen LogP contribution in [0.25, 0.3) is 0 Å². The number of nitrogens with zero attached hydrogens (tertiary/aromatic N) is 2. The predicted molar refractivity (Wildman–Crippen MR) is 87.2 cm³/mol. The van der Waals surface area contributed by atoms with Crippen LogP contribution in [0.2, 0.25) is 0 Å². The highest BCUT2D eigenvalue weighted by atomic mass is 79.9. The first-order chi connectivity index (χ1) is 10.4. The number of benzene rings is 2. The predicted octanol–water partition coefficient (Wildman–Crippen LogP) is 4.08. The van der Waals surface area contributed by atoms with Crippen LogP contribution in [0.5, 0.6) is 11.5 Å². The normalized spacial score (nSPS) is 11.0. The zero-order valence-electron chi connectivity index (χ0n) is 11.7. The molecule has 0 amide bonds. The largest absolute Gasteiger partial charge is 0.506 e. The number of hydrogen-bond donors (Lipinski definition) is 2. The van der Waals surface area contributed by atoms with E-state index >= 15 is 0 Å². The molecule has 2 rings (SSSR count). The summed E-state index contributed by atoms with van der Waals surface area (Å²) in [5.41, 5.74) is 1.34. The maximum Gasteiger partial charge on any atom is 0.271 e. The summed E-state index contributed by atoms with van der Waals surface area (Å²) in [5.74, 6) is -0.155. The molecule has 2 N–H and O–H groups in total. The summed E-state index contributed by atoms with van der Waals surface area (Å²) in [6.07, 6.45) is 2.07. The van der Waals surface area contributed by atoms with Crippen LogP contribution >= 0.6 is 15.9 Å². The average Bonchev–Trinajstić information content (AvgIpc) is 2.49. The smallest absolute Gasteiger partial charge is 0.271 e. The lowest BCUT2D eigenvalue weighted by Crippen LogP contribution is -1.92. The van der Waals surface area contributed by atoms with Crippen molar-refractivity contribution in [1.82, 2.24) is 0 Å². The minimum absolute atomic E-state index is 0.00237. The van der Waals surface area contributed by atoms with Crippen LogP contribution in [0.15, 0.2) is 39.8 Å². The Morgan fingerprint density at radius 1 is 1.32 bits per heavy atom. The van der Waals surface area contributed by atoms with E-state index in [2.05, 4.69) is 20.9 Å². The zero-order chi connectivity index (χ0) is 16.3. The molecule has 22 heavy (non-hydrogen) atoms. The van der Waals surface area contributed by atoms with Gasteiger partial charge in [0.05, 0.1) is 9.40 Å². The van der Waals surface area contributed by atoms with Crippen molar-refractivity contribution in [2.45, 2.75) is 13.3 Å². The molecule has 2 aromatic carbocycles. The van der Waals surface area contributed by atoms with Gasteiger partial charge < -0.3 is 10.2 Å². The van der Waals surface area contributed by atoms with Gasteiger partial charge in [0.1, 0.15) is 17.2 Å². The Labute approximate surface area is 135 Å². The fraction of sp³-hybridized carbons (Fsp3) is 0.133. The fourth-order valence-corrected chi connectivity index (χ4v) is 2.30. The lowest BCUT2D eigenvalue weighted by molar-refractivity contribution is -0.385. The Morgan fingerprint density at radius 3 is 2.68 bits per heavy atom. The summed E-state index contributed by atoms with van der Waals surface area (Å²) in [5, 5.41) is 30.6.